The van der Waals surface area contributed by atoms with E-state index in [0.29, 0.717) is 5.96 Å². The number of piperazine rings is 1. The second-order valence-electron chi connectivity index (χ2n) is 5.25. The molecule has 1 aromatic rings. The molecule has 1 fully saturated rings. The van der Waals surface area contributed by atoms with Crippen LogP contribution in [-0.2, 0) is 0 Å². The molecular formula is C15H20FN5O. The van der Waals surface area contributed by atoms with Crippen LogP contribution in [0.25, 0.3) is 0 Å². The summed E-state index contributed by atoms with van der Waals surface area (Å²) in [7, 11) is 3.42. The fourth-order valence-corrected chi connectivity index (χ4v) is 2.38. The van der Waals surface area contributed by atoms with E-state index in [1.807, 2.05) is 11.9 Å². The topological polar surface area (TPSA) is 52.5 Å². The molecule has 2 heterocycles. The number of ether oxygens (including phenoxy) is 1. The minimum absolute atomic E-state index is 0.0983. The van der Waals surface area contributed by atoms with Crippen LogP contribution in [0.1, 0.15) is 14.4 Å². The predicted molar refractivity (Wildman–Crippen MR) is 83.8 cm³/mol. The normalized spacial score (nSPS) is 27.3. The number of likely N-dealkylation sites (N-methyl/N-ethyl adjacent to an activating group) is 1. The number of aliphatic imine (C=N–C) groups is 2. The molecule has 3 rings (SSSR count). The number of halogens is 1. The average Bonchev–Trinajstić information content (AvgIpc) is 2.54. The Morgan fingerprint density at radius 2 is 2.18 bits per heavy atom. The first-order valence-electron chi connectivity index (χ1n) is 8.12. The van der Waals surface area contributed by atoms with Crippen LogP contribution in [0, 0.1) is 5.82 Å². The molecule has 1 atom stereocenters. The maximum absolute atomic E-state index is 14.0. The van der Waals surface area contributed by atoms with E-state index < -0.39 is 12.0 Å². The van der Waals surface area contributed by atoms with Gasteiger partial charge in [-0.3, -0.25) is 0 Å². The van der Waals surface area contributed by atoms with Gasteiger partial charge in [-0.25, -0.2) is 14.4 Å². The molecule has 1 aromatic carbocycles. The van der Waals surface area contributed by atoms with Crippen molar-refractivity contribution in [3.63, 3.8) is 0 Å². The third kappa shape index (κ3) is 3.04. The van der Waals surface area contributed by atoms with E-state index in [0.717, 1.165) is 26.2 Å². The summed E-state index contributed by atoms with van der Waals surface area (Å²) in [6, 6.07) is 4.21. The second kappa shape index (κ2) is 6.31. The van der Waals surface area contributed by atoms with Crippen molar-refractivity contribution < 1.29 is 11.9 Å². The van der Waals surface area contributed by atoms with Gasteiger partial charge < -0.3 is 19.9 Å². The van der Waals surface area contributed by atoms with E-state index in [2.05, 4.69) is 20.2 Å². The summed E-state index contributed by atoms with van der Waals surface area (Å²) in [5.41, 5.74) is 0.284. The molecule has 0 amide bonds. The lowest BCUT2D eigenvalue weighted by Gasteiger charge is -2.34. The van der Waals surface area contributed by atoms with Crippen LogP contribution >= 0.6 is 0 Å². The van der Waals surface area contributed by atoms with Gasteiger partial charge in [0, 0.05) is 26.2 Å². The standard InChI is InChI=1S/C15H20FN5O/c1-20-5-7-21(8-6-20)15-18-10-17-14(19-15)11-3-4-13(22-2)12(16)9-11/h3-4,9-10,14H,5-8H2,1-2H3,(H,17,18,19)/i10D,14D. The minimum Gasteiger partial charge on any atom is -0.494 e. The Kier molecular flexibility index (Phi) is 3.56. The Labute approximate surface area is 132 Å². The van der Waals surface area contributed by atoms with E-state index in [4.69, 9.17) is 7.48 Å². The minimum atomic E-state index is -1.69. The summed E-state index contributed by atoms with van der Waals surface area (Å²) >= 11 is 0. The molecule has 2 aliphatic heterocycles. The Morgan fingerprint density at radius 3 is 2.86 bits per heavy atom. The fourth-order valence-electron chi connectivity index (χ4n) is 2.38. The maximum atomic E-state index is 14.0. The smallest absolute Gasteiger partial charge is 0.224 e. The molecule has 6 nitrogen and oxygen atoms in total. The molecule has 0 aromatic heterocycles. The second-order valence-corrected chi connectivity index (χ2v) is 5.25. The Bertz CT molecular complexity index is 690. The molecular weight excluding hydrogens is 285 g/mol. The van der Waals surface area contributed by atoms with Gasteiger partial charge in [-0.1, -0.05) is 6.07 Å². The summed E-state index contributed by atoms with van der Waals surface area (Å²) in [5, 5.41) is 2.60. The van der Waals surface area contributed by atoms with E-state index in [1.54, 1.807) is 6.07 Å². The average molecular weight is 307 g/mol. The van der Waals surface area contributed by atoms with Crippen molar-refractivity contribution in [1.29, 1.82) is 0 Å². The SMILES string of the molecule is [2H]C1=NC(N2CCN(C)CC2)=NC([2H])(c2ccc(OC)c(F)c2)N1. The maximum Gasteiger partial charge on any atom is 0.224 e. The summed E-state index contributed by atoms with van der Waals surface area (Å²) in [6.45, 7) is 3.16. The van der Waals surface area contributed by atoms with Gasteiger partial charge in [0.05, 0.1) is 14.8 Å². The van der Waals surface area contributed by atoms with Crippen LogP contribution in [-0.4, -0.2) is 62.4 Å². The molecule has 0 aliphatic carbocycles. The van der Waals surface area contributed by atoms with Gasteiger partial charge in [0.15, 0.2) is 11.6 Å². The van der Waals surface area contributed by atoms with Gasteiger partial charge in [-0.15, -0.1) is 0 Å². The van der Waals surface area contributed by atoms with Gasteiger partial charge in [0.2, 0.25) is 5.96 Å². The molecule has 1 unspecified atom stereocenters. The highest BCUT2D eigenvalue weighted by Gasteiger charge is 2.21. The lowest BCUT2D eigenvalue weighted by atomic mass is 10.1. The van der Waals surface area contributed by atoms with E-state index in [9.17, 15) is 4.39 Å². The van der Waals surface area contributed by atoms with E-state index in [-0.39, 0.29) is 17.6 Å². The first-order chi connectivity index (χ1) is 11.4. The van der Waals surface area contributed by atoms with Crippen LogP contribution < -0.4 is 10.1 Å². The van der Waals surface area contributed by atoms with Crippen LogP contribution in [0.2, 0.25) is 0 Å². The molecule has 22 heavy (non-hydrogen) atoms. The monoisotopic (exact) mass is 307 g/mol. The highest BCUT2D eigenvalue weighted by atomic mass is 19.1. The third-order valence-electron chi connectivity index (χ3n) is 3.75. The Morgan fingerprint density at radius 1 is 1.41 bits per heavy atom. The zero-order chi connectivity index (χ0) is 17.3. The molecule has 0 radical (unpaired) electrons. The highest BCUT2D eigenvalue weighted by Crippen LogP contribution is 2.23. The van der Waals surface area contributed by atoms with Crippen molar-refractivity contribution in [3.8, 4) is 5.75 Å². The molecule has 1 N–H and O–H groups in total. The Hall–Kier alpha value is -2.15. The molecule has 2 aliphatic rings. The van der Waals surface area contributed by atoms with Gasteiger partial charge in [-0.05, 0) is 24.7 Å². The summed E-state index contributed by atoms with van der Waals surface area (Å²) in [6.07, 6.45) is -1.85. The van der Waals surface area contributed by atoms with Crippen molar-refractivity contribution in [3.05, 3.63) is 29.6 Å². The summed E-state index contributed by atoms with van der Waals surface area (Å²) in [4.78, 5) is 12.6. The van der Waals surface area contributed by atoms with Gasteiger partial charge in [0.25, 0.3) is 0 Å². The van der Waals surface area contributed by atoms with Gasteiger partial charge >= 0.3 is 0 Å². The fraction of sp³-hybridized carbons (Fsp3) is 0.467. The van der Waals surface area contributed by atoms with Crippen molar-refractivity contribution in [2.75, 3.05) is 40.3 Å². The predicted octanol–water partition coefficient (Wildman–Crippen LogP) is 1.07. The molecule has 0 spiro atoms. The van der Waals surface area contributed by atoms with Gasteiger partial charge in [0.1, 0.15) is 7.51 Å². The van der Waals surface area contributed by atoms with E-state index in [1.165, 1.54) is 19.2 Å². The number of hydrogen-bond donors (Lipinski definition) is 1. The number of hydrogen-bond acceptors (Lipinski definition) is 6. The Balaban J connectivity index is 1.92. The van der Waals surface area contributed by atoms with Crippen LogP contribution in [0.5, 0.6) is 5.75 Å². The third-order valence-corrected chi connectivity index (χ3v) is 3.75. The molecule has 1 saturated heterocycles. The molecule has 118 valence electrons. The van der Waals surface area contributed by atoms with Crippen molar-refractivity contribution in [2.45, 2.75) is 6.14 Å². The lowest BCUT2D eigenvalue weighted by Crippen LogP contribution is -2.47. The van der Waals surface area contributed by atoms with E-state index >= 15 is 0 Å². The number of methoxy groups -OCH3 is 1. The lowest BCUT2D eigenvalue weighted by molar-refractivity contribution is 0.213. The number of nitrogens with zero attached hydrogens (tertiary/aromatic N) is 4. The van der Waals surface area contributed by atoms with Crippen LogP contribution in [0.15, 0.2) is 28.2 Å². The van der Waals surface area contributed by atoms with Crippen LogP contribution in [0.4, 0.5) is 4.39 Å². The number of guanidine groups is 1. The molecule has 0 saturated carbocycles. The zero-order valence-corrected chi connectivity index (χ0v) is 12.6. The summed E-state index contributed by atoms with van der Waals surface area (Å²) in [5.74, 6) is -0.145. The highest BCUT2D eigenvalue weighted by molar-refractivity contribution is 5.89. The van der Waals surface area contributed by atoms with Crippen LogP contribution in [0.3, 0.4) is 0 Å². The quantitative estimate of drug-likeness (QED) is 0.888. The number of amidine groups is 1. The van der Waals surface area contributed by atoms with Crippen molar-refractivity contribution in [2.24, 2.45) is 9.98 Å². The first kappa shape index (κ1) is 12.4. The summed E-state index contributed by atoms with van der Waals surface area (Å²) < 4.78 is 35.3. The number of rotatable bonds is 2. The number of nitrogens with one attached hydrogen (secondary N) is 1. The molecule has 7 heteroatoms. The number of benzene rings is 1. The first-order valence-corrected chi connectivity index (χ1v) is 7.12. The zero-order valence-electron chi connectivity index (χ0n) is 14.6. The van der Waals surface area contributed by atoms with Crippen molar-refractivity contribution >= 4 is 12.3 Å². The largest absolute Gasteiger partial charge is 0.494 e. The van der Waals surface area contributed by atoms with Crippen molar-refractivity contribution in [1.82, 2.24) is 15.1 Å². The van der Waals surface area contributed by atoms with Gasteiger partial charge in [-0.2, -0.15) is 0 Å². The molecule has 0 bridgehead atoms.